The smallest absolute Gasteiger partial charge is 0.189 e. The van der Waals surface area contributed by atoms with Gasteiger partial charge in [-0.15, -0.1) is 0 Å². The zero-order valence-corrected chi connectivity index (χ0v) is 11.9. The maximum absolute atomic E-state index is 12.2. The Morgan fingerprint density at radius 2 is 1.76 bits per heavy atom. The minimum Gasteiger partial charge on any atom is -0.289 e. The van der Waals surface area contributed by atoms with E-state index >= 15 is 0 Å². The van der Waals surface area contributed by atoms with Crippen LogP contribution in [0.1, 0.15) is 53.3 Å². The molecule has 0 unspecified atom stereocenters. The highest BCUT2D eigenvalue weighted by molar-refractivity contribution is 6.08. The minimum atomic E-state index is -0.0902. The fraction of sp³-hybridized carbons (Fsp3) is 0.294. The van der Waals surface area contributed by atoms with E-state index in [2.05, 4.69) is 16.9 Å². The molecule has 21 heavy (non-hydrogen) atoms. The van der Waals surface area contributed by atoms with E-state index in [4.69, 9.17) is 0 Å². The summed E-state index contributed by atoms with van der Waals surface area (Å²) in [5.74, 6) is -0.140. The first-order chi connectivity index (χ1) is 10.2. The molecule has 2 aliphatic heterocycles. The second-order valence-corrected chi connectivity index (χ2v) is 5.26. The maximum Gasteiger partial charge on any atom is 0.189 e. The Morgan fingerprint density at radius 1 is 1.00 bits per heavy atom. The van der Waals surface area contributed by atoms with Gasteiger partial charge < -0.3 is 0 Å². The Hall–Kier alpha value is -2.36. The van der Waals surface area contributed by atoms with Crippen LogP contribution in [0.2, 0.25) is 0 Å². The topological polar surface area (TPSA) is 58.9 Å². The van der Waals surface area contributed by atoms with E-state index in [1.807, 2.05) is 0 Å². The molecule has 2 aliphatic rings. The van der Waals surface area contributed by atoms with Crippen LogP contribution in [0.3, 0.4) is 0 Å². The van der Waals surface area contributed by atoms with Gasteiger partial charge in [0.2, 0.25) is 0 Å². The summed E-state index contributed by atoms with van der Waals surface area (Å²) in [4.78, 5) is 32.8. The van der Waals surface area contributed by atoms with Gasteiger partial charge in [-0.3, -0.25) is 19.6 Å². The monoisotopic (exact) mass is 280 g/mol. The number of allylic oxidation sites excluding steroid dienone is 3. The first kappa shape index (κ1) is 13.6. The highest BCUT2D eigenvalue weighted by Crippen LogP contribution is 2.14. The van der Waals surface area contributed by atoms with Crippen LogP contribution in [0.5, 0.6) is 0 Å². The average molecular weight is 280 g/mol. The van der Waals surface area contributed by atoms with Gasteiger partial charge >= 0.3 is 0 Å². The Morgan fingerprint density at radius 3 is 2.57 bits per heavy atom. The third-order valence-corrected chi connectivity index (χ3v) is 3.68. The predicted octanol–water partition coefficient (Wildman–Crippen LogP) is 2.30. The Kier molecular flexibility index (Phi) is 3.60. The molecule has 0 aromatic heterocycles. The quantitative estimate of drug-likeness (QED) is 0.794. The van der Waals surface area contributed by atoms with Gasteiger partial charge in [-0.1, -0.05) is 19.8 Å². The Labute approximate surface area is 122 Å². The van der Waals surface area contributed by atoms with Gasteiger partial charge in [0.25, 0.3) is 0 Å². The summed E-state index contributed by atoms with van der Waals surface area (Å²) in [6.45, 7) is 2.14. The van der Waals surface area contributed by atoms with Gasteiger partial charge in [0, 0.05) is 35.2 Å². The molecule has 0 aliphatic carbocycles. The molecular formula is C17H16N2O2. The average Bonchev–Trinajstić information content (AvgIpc) is 2.47. The number of carbonyl (C=O) groups excluding carboxylic acids is 2. The molecule has 0 saturated heterocycles. The van der Waals surface area contributed by atoms with Crippen LogP contribution >= 0.6 is 0 Å². The number of hydrogen-bond donors (Lipinski definition) is 0. The van der Waals surface area contributed by atoms with Crippen LogP contribution in [-0.2, 0) is 0 Å². The number of ketones is 2. The lowest BCUT2D eigenvalue weighted by Gasteiger charge is -2.10. The molecule has 0 amide bonds. The van der Waals surface area contributed by atoms with Gasteiger partial charge in [-0.25, -0.2) is 0 Å². The lowest BCUT2D eigenvalue weighted by molar-refractivity contribution is 0.103. The van der Waals surface area contributed by atoms with Crippen molar-refractivity contribution in [3.8, 4) is 0 Å². The molecule has 106 valence electrons. The second kappa shape index (κ2) is 5.56. The lowest BCUT2D eigenvalue weighted by Crippen LogP contribution is -2.28. The van der Waals surface area contributed by atoms with Crippen molar-refractivity contribution in [2.24, 2.45) is 9.98 Å². The zero-order valence-electron chi connectivity index (χ0n) is 11.9. The van der Waals surface area contributed by atoms with Gasteiger partial charge in [0.1, 0.15) is 0 Å². The normalized spacial score (nSPS) is 15.8. The molecule has 0 saturated carbocycles. The molecule has 4 nitrogen and oxygen atoms in total. The van der Waals surface area contributed by atoms with E-state index in [1.165, 1.54) is 12.3 Å². The van der Waals surface area contributed by atoms with Crippen molar-refractivity contribution in [1.29, 1.82) is 0 Å². The molecule has 0 radical (unpaired) electrons. The van der Waals surface area contributed by atoms with E-state index in [-0.39, 0.29) is 11.6 Å². The van der Waals surface area contributed by atoms with Crippen molar-refractivity contribution < 1.29 is 9.59 Å². The van der Waals surface area contributed by atoms with Crippen molar-refractivity contribution in [1.82, 2.24) is 0 Å². The third-order valence-electron chi connectivity index (χ3n) is 3.68. The Bertz CT molecular complexity index is 801. The number of nitrogens with zero attached hydrogens (tertiary/aromatic N) is 2. The van der Waals surface area contributed by atoms with Crippen molar-refractivity contribution in [2.75, 3.05) is 0 Å². The number of rotatable bonds is 4. The van der Waals surface area contributed by atoms with Crippen LogP contribution < -0.4 is 10.7 Å². The predicted molar refractivity (Wildman–Crippen MR) is 78.8 cm³/mol. The largest absolute Gasteiger partial charge is 0.289 e. The van der Waals surface area contributed by atoms with Crippen LogP contribution in [0, 0.1) is 0 Å². The summed E-state index contributed by atoms with van der Waals surface area (Å²) >= 11 is 0. The number of unbranched alkanes of at least 4 members (excludes halogenated alkanes) is 2. The summed E-state index contributed by atoms with van der Waals surface area (Å²) < 4.78 is 0. The van der Waals surface area contributed by atoms with Crippen LogP contribution in [0.25, 0.3) is 0 Å². The molecule has 0 N–H and O–H groups in total. The molecule has 1 aromatic carbocycles. The van der Waals surface area contributed by atoms with Crippen molar-refractivity contribution in [3.63, 3.8) is 0 Å². The van der Waals surface area contributed by atoms with Gasteiger partial charge in [0.15, 0.2) is 11.6 Å². The molecule has 1 aromatic rings. The van der Waals surface area contributed by atoms with E-state index < -0.39 is 0 Å². The summed E-state index contributed by atoms with van der Waals surface area (Å²) in [7, 11) is 0. The van der Waals surface area contributed by atoms with Gasteiger partial charge in [-0.05, 0) is 25.0 Å². The third kappa shape index (κ3) is 2.61. The SMILES string of the molecule is CCCCCC1=CC(=O)c2cc3c(cc2=N1)C(=O)C=CN=3. The summed E-state index contributed by atoms with van der Waals surface area (Å²) in [6, 6.07) is 3.35. The summed E-state index contributed by atoms with van der Waals surface area (Å²) in [5.41, 5.74) is 1.85. The lowest BCUT2D eigenvalue weighted by atomic mass is 9.99. The summed E-state index contributed by atoms with van der Waals surface area (Å²) in [5, 5.41) is 1.14. The fourth-order valence-electron chi connectivity index (χ4n) is 2.55. The molecule has 4 heteroatoms. The highest BCUT2D eigenvalue weighted by Gasteiger charge is 2.17. The van der Waals surface area contributed by atoms with Crippen LogP contribution in [0.4, 0.5) is 0 Å². The first-order valence-electron chi connectivity index (χ1n) is 7.25. The van der Waals surface area contributed by atoms with E-state index in [1.54, 1.807) is 18.2 Å². The zero-order chi connectivity index (χ0) is 14.8. The standard InChI is InChI=1S/C17H16N2O2/c1-2-3-4-5-11-8-17(21)13-9-14-12(10-15(13)19-11)16(20)6-7-18-14/h6-10H,2-5H2,1H3. The highest BCUT2D eigenvalue weighted by atomic mass is 16.1. The fourth-order valence-corrected chi connectivity index (χ4v) is 2.55. The minimum absolute atomic E-state index is 0.0495. The van der Waals surface area contributed by atoms with Crippen molar-refractivity contribution in [3.05, 3.63) is 58.0 Å². The number of carbonyl (C=O) groups is 2. The van der Waals surface area contributed by atoms with Crippen molar-refractivity contribution in [2.45, 2.75) is 32.6 Å². The van der Waals surface area contributed by atoms with Gasteiger partial charge in [0.05, 0.1) is 10.7 Å². The molecule has 0 bridgehead atoms. The van der Waals surface area contributed by atoms with Crippen LogP contribution in [-0.4, -0.2) is 11.6 Å². The second-order valence-electron chi connectivity index (χ2n) is 5.26. The molecular weight excluding hydrogens is 264 g/mol. The maximum atomic E-state index is 12.2. The summed E-state index contributed by atoms with van der Waals surface area (Å²) in [6.07, 6.45) is 8.58. The number of benzene rings is 1. The first-order valence-corrected chi connectivity index (χ1v) is 7.25. The molecule has 2 heterocycles. The Balaban J connectivity index is 2.03. The number of hydrogen-bond acceptors (Lipinski definition) is 4. The van der Waals surface area contributed by atoms with Gasteiger partial charge in [-0.2, -0.15) is 0 Å². The molecule has 3 rings (SSSR count). The molecule has 0 fully saturated rings. The van der Waals surface area contributed by atoms with E-state index in [9.17, 15) is 9.59 Å². The molecule has 0 spiro atoms. The van der Waals surface area contributed by atoms with E-state index in [0.29, 0.717) is 21.8 Å². The van der Waals surface area contributed by atoms with Crippen molar-refractivity contribution >= 4 is 11.6 Å². The van der Waals surface area contributed by atoms with E-state index in [0.717, 1.165) is 31.4 Å². The number of fused-ring (bicyclic) bond motifs is 2. The molecule has 0 atom stereocenters. The van der Waals surface area contributed by atoms with Crippen LogP contribution in [0.15, 0.2) is 46.2 Å².